The third kappa shape index (κ3) is 3.73. The Hall–Kier alpha value is -1.32. The lowest BCUT2D eigenvalue weighted by atomic mass is 10.1. The van der Waals surface area contributed by atoms with E-state index >= 15 is 0 Å². The van der Waals surface area contributed by atoms with Gasteiger partial charge in [0.15, 0.2) is 0 Å². The summed E-state index contributed by atoms with van der Waals surface area (Å²) in [5.41, 5.74) is -0.480. The van der Waals surface area contributed by atoms with E-state index in [-0.39, 0.29) is 12.0 Å². The van der Waals surface area contributed by atoms with Gasteiger partial charge in [0.25, 0.3) is 0 Å². The highest BCUT2D eigenvalue weighted by atomic mass is 16.6. The third-order valence-corrected chi connectivity index (χ3v) is 2.02. The molecule has 0 aliphatic carbocycles. The molecular formula is C11H17NO3. The Morgan fingerprint density at radius 2 is 2.20 bits per heavy atom. The monoisotopic (exact) mass is 211 g/mol. The summed E-state index contributed by atoms with van der Waals surface area (Å²) in [5, 5.41) is 0. The standard InChI is InChI=1S/C11H17NO3/c1-11(2,3)15-10(14)12-6-4-9(8-13)5-7-12/h4,6,8-9H,5,7H2,1-3H3. The quantitative estimate of drug-likeness (QED) is 0.623. The summed E-state index contributed by atoms with van der Waals surface area (Å²) in [6, 6.07) is 0. The number of hydrogen-bond donors (Lipinski definition) is 0. The highest BCUT2D eigenvalue weighted by Gasteiger charge is 2.23. The number of ether oxygens (including phenoxy) is 1. The largest absolute Gasteiger partial charge is 0.443 e. The molecule has 0 radical (unpaired) electrons. The lowest BCUT2D eigenvalue weighted by Gasteiger charge is -2.27. The van der Waals surface area contributed by atoms with E-state index in [2.05, 4.69) is 0 Å². The van der Waals surface area contributed by atoms with Crippen LogP contribution in [-0.4, -0.2) is 29.4 Å². The van der Waals surface area contributed by atoms with Gasteiger partial charge in [-0.1, -0.05) is 6.08 Å². The van der Waals surface area contributed by atoms with Gasteiger partial charge < -0.3 is 9.53 Å². The molecule has 15 heavy (non-hydrogen) atoms. The zero-order valence-corrected chi connectivity index (χ0v) is 9.40. The van der Waals surface area contributed by atoms with Gasteiger partial charge in [0.05, 0.1) is 0 Å². The molecule has 0 saturated carbocycles. The number of amides is 1. The normalized spacial score (nSPS) is 21.3. The van der Waals surface area contributed by atoms with Crippen LogP contribution in [-0.2, 0) is 9.53 Å². The first-order valence-corrected chi connectivity index (χ1v) is 5.05. The Labute approximate surface area is 89.9 Å². The number of hydrogen-bond acceptors (Lipinski definition) is 3. The van der Waals surface area contributed by atoms with Gasteiger partial charge in [0, 0.05) is 18.7 Å². The molecule has 1 amide bonds. The Morgan fingerprint density at radius 1 is 1.53 bits per heavy atom. The van der Waals surface area contributed by atoms with E-state index in [0.29, 0.717) is 13.0 Å². The number of carbonyl (C=O) groups is 2. The highest BCUT2D eigenvalue weighted by molar-refractivity contribution is 5.70. The second-order valence-corrected chi connectivity index (χ2v) is 4.60. The van der Waals surface area contributed by atoms with E-state index in [1.54, 1.807) is 12.3 Å². The van der Waals surface area contributed by atoms with Gasteiger partial charge in [-0.15, -0.1) is 0 Å². The topological polar surface area (TPSA) is 46.6 Å². The molecular weight excluding hydrogens is 194 g/mol. The van der Waals surface area contributed by atoms with E-state index in [0.717, 1.165) is 6.29 Å². The lowest BCUT2D eigenvalue weighted by Crippen LogP contribution is -2.36. The summed E-state index contributed by atoms with van der Waals surface area (Å²) in [4.78, 5) is 23.5. The first-order chi connectivity index (χ1) is 6.92. The molecule has 1 aliphatic heterocycles. The van der Waals surface area contributed by atoms with Gasteiger partial charge in [-0.3, -0.25) is 4.90 Å². The van der Waals surface area contributed by atoms with Crippen LogP contribution in [0.1, 0.15) is 27.2 Å². The molecule has 1 rings (SSSR count). The van der Waals surface area contributed by atoms with Crippen molar-refractivity contribution in [3.63, 3.8) is 0 Å². The molecule has 0 spiro atoms. The first-order valence-electron chi connectivity index (χ1n) is 5.05. The summed E-state index contributed by atoms with van der Waals surface area (Å²) in [6.07, 6.45) is 4.54. The molecule has 0 bridgehead atoms. The second-order valence-electron chi connectivity index (χ2n) is 4.60. The molecule has 0 aromatic carbocycles. The van der Waals surface area contributed by atoms with Crippen LogP contribution in [0.5, 0.6) is 0 Å². The second kappa shape index (κ2) is 4.47. The molecule has 0 aromatic rings. The van der Waals surface area contributed by atoms with Crippen molar-refractivity contribution in [3.8, 4) is 0 Å². The van der Waals surface area contributed by atoms with Crippen LogP contribution in [0.25, 0.3) is 0 Å². The van der Waals surface area contributed by atoms with E-state index in [9.17, 15) is 9.59 Å². The van der Waals surface area contributed by atoms with Crippen LogP contribution in [0.2, 0.25) is 0 Å². The van der Waals surface area contributed by atoms with Crippen molar-refractivity contribution in [2.75, 3.05) is 6.54 Å². The minimum absolute atomic E-state index is 0.0660. The maximum Gasteiger partial charge on any atom is 0.414 e. The predicted molar refractivity (Wildman–Crippen MR) is 56.3 cm³/mol. The lowest BCUT2D eigenvalue weighted by molar-refractivity contribution is -0.110. The molecule has 1 atom stereocenters. The highest BCUT2D eigenvalue weighted by Crippen LogP contribution is 2.15. The van der Waals surface area contributed by atoms with Gasteiger partial charge in [0.2, 0.25) is 0 Å². The van der Waals surface area contributed by atoms with Gasteiger partial charge in [-0.25, -0.2) is 4.79 Å². The summed E-state index contributed by atoms with van der Waals surface area (Å²) in [6.45, 7) is 6.02. The Balaban J connectivity index is 2.53. The number of nitrogens with zero attached hydrogens (tertiary/aromatic N) is 1. The van der Waals surface area contributed by atoms with Gasteiger partial charge in [-0.05, 0) is 27.2 Å². The molecule has 1 unspecified atom stereocenters. The smallest absolute Gasteiger partial charge is 0.414 e. The SMILES string of the molecule is CC(C)(C)OC(=O)N1C=CC(C=O)CC1. The zero-order valence-electron chi connectivity index (χ0n) is 9.40. The van der Waals surface area contributed by atoms with Crippen molar-refractivity contribution in [1.29, 1.82) is 0 Å². The summed E-state index contributed by atoms with van der Waals surface area (Å²) < 4.78 is 5.19. The molecule has 4 nitrogen and oxygen atoms in total. The minimum Gasteiger partial charge on any atom is -0.443 e. The van der Waals surface area contributed by atoms with Gasteiger partial charge >= 0.3 is 6.09 Å². The maximum atomic E-state index is 11.6. The molecule has 1 aliphatic rings. The van der Waals surface area contributed by atoms with Crippen molar-refractivity contribution in [2.24, 2.45) is 5.92 Å². The minimum atomic E-state index is -0.480. The summed E-state index contributed by atoms with van der Waals surface area (Å²) in [5.74, 6) is -0.0660. The number of allylic oxidation sites excluding steroid dienone is 1. The van der Waals surface area contributed by atoms with E-state index in [1.807, 2.05) is 20.8 Å². The average Bonchev–Trinajstić information content (AvgIpc) is 2.15. The molecule has 4 heteroatoms. The molecule has 0 aromatic heterocycles. The fourth-order valence-corrected chi connectivity index (χ4v) is 1.26. The van der Waals surface area contributed by atoms with E-state index in [4.69, 9.17) is 4.74 Å². The molecule has 0 N–H and O–H groups in total. The summed E-state index contributed by atoms with van der Waals surface area (Å²) >= 11 is 0. The molecule has 1 heterocycles. The molecule has 84 valence electrons. The van der Waals surface area contributed by atoms with Crippen molar-refractivity contribution in [3.05, 3.63) is 12.3 Å². The first kappa shape index (κ1) is 11.8. The van der Waals surface area contributed by atoms with Crippen LogP contribution >= 0.6 is 0 Å². The van der Waals surface area contributed by atoms with Crippen LogP contribution in [0.3, 0.4) is 0 Å². The van der Waals surface area contributed by atoms with E-state index in [1.165, 1.54) is 4.90 Å². The van der Waals surface area contributed by atoms with Crippen molar-refractivity contribution >= 4 is 12.4 Å². The maximum absolute atomic E-state index is 11.6. The van der Waals surface area contributed by atoms with Crippen LogP contribution in [0, 0.1) is 5.92 Å². The fraction of sp³-hybridized carbons (Fsp3) is 0.636. The summed E-state index contributed by atoms with van der Waals surface area (Å²) in [7, 11) is 0. The number of carbonyl (C=O) groups excluding carboxylic acids is 2. The van der Waals surface area contributed by atoms with Crippen LogP contribution in [0.15, 0.2) is 12.3 Å². The van der Waals surface area contributed by atoms with Gasteiger partial charge in [0.1, 0.15) is 11.9 Å². The number of rotatable bonds is 1. The number of aldehydes is 1. The van der Waals surface area contributed by atoms with Crippen molar-refractivity contribution < 1.29 is 14.3 Å². The fourth-order valence-electron chi connectivity index (χ4n) is 1.26. The Bertz CT molecular complexity index is 278. The average molecular weight is 211 g/mol. The van der Waals surface area contributed by atoms with Crippen molar-refractivity contribution in [1.82, 2.24) is 4.90 Å². The van der Waals surface area contributed by atoms with Crippen LogP contribution in [0.4, 0.5) is 4.79 Å². The molecule has 0 fully saturated rings. The van der Waals surface area contributed by atoms with Crippen molar-refractivity contribution in [2.45, 2.75) is 32.8 Å². The van der Waals surface area contributed by atoms with Crippen LogP contribution < -0.4 is 0 Å². The van der Waals surface area contributed by atoms with E-state index < -0.39 is 5.60 Å². The molecule has 0 saturated heterocycles. The zero-order chi connectivity index (χ0) is 11.5. The Kier molecular flexibility index (Phi) is 3.50. The van der Waals surface area contributed by atoms with Gasteiger partial charge in [-0.2, -0.15) is 0 Å². The third-order valence-electron chi connectivity index (χ3n) is 2.02. The Morgan fingerprint density at radius 3 is 2.60 bits per heavy atom. The predicted octanol–water partition coefficient (Wildman–Crippen LogP) is 1.96.